The highest BCUT2D eigenvalue weighted by atomic mass is 16.6. The number of esters is 1. The quantitative estimate of drug-likeness (QED) is 0.525. The molecular weight excluding hydrogens is 396 g/mol. The third-order valence-corrected chi connectivity index (χ3v) is 4.75. The van der Waals surface area contributed by atoms with Gasteiger partial charge in [0.2, 0.25) is 5.91 Å². The number of ether oxygens (including phenoxy) is 2. The van der Waals surface area contributed by atoms with Crippen molar-refractivity contribution in [3.63, 3.8) is 0 Å². The van der Waals surface area contributed by atoms with Crippen LogP contribution in [0.2, 0.25) is 0 Å². The minimum absolute atomic E-state index is 0.0353. The van der Waals surface area contributed by atoms with E-state index in [9.17, 15) is 14.4 Å². The zero-order valence-corrected chi connectivity index (χ0v) is 18.0. The third-order valence-electron chi connectivity index (χ3n) is 4.75. The normalized spacial score (nSPS) is 16.5. The highest BCUT2D eigenvalue weighted by molar-refractivity contribution is 5.83. The molecule has 1 heterocycles. The Morgan fingerprint density at radius 2 is 1.71 bits per heavy atom. The van der Waals surface area contributed by atoms with Gasteiger partial charge in [0.05, 0.1) is 12.5 Å². The van der Waals surface area contributed by atoms with E-state index in [1.807, 2.05) is 54.6 Å². The fourth-order valence-electron chi connectivity index (χ4n) is 3.15. The first-order valence-electron chi connectivity index (χ1n) is 10.3. The molecule has 1 fully saturated rings. The summed E-state index contributed by atoms with van der Waals surface area (Å²) in [6.45, 7) is 5.39. The topological polar surface area (TPSA) is 93.7 Å². The molecule has 2 atom stereocenters. The summed E-state index contributed by atoms with van der Waals surface area (Å²) in [5, 5.41) is 5.46. The monoisotopic (exact) mass is 424 g/mol. The van der Waals surface area contributed by atoms with Gasteiger partial charge in [0.15, 0.2) is 0 Å². The summed E-state index contributed by atoms with van der Waals surface area (Å²) < 4.78 is 10.7. The second-order valence-corrected chi connectivity index (χ2v) is 8.56. The van der Waals surface area contributed by atoms with E-state index >= 15 is 0 Å². The molecule has 2 aromatic carbocycles. The third kappa shape index (κ3) is 6.84. The van der Waals surface area contributed by atoms with Gasteiger partial charge in [0.1, 0.15) is 18.2 Å². The van der Waals surface area contributed by atoms with Crippen molar-refractivity contribution in [1.29, 1.82) is 0 Å². The molecule has 3 rings (SSSR count). The summed E-state index contributed by atoms with van der Waals surface area (Å²) in [7, 11) is 0. The molecule has 0 aliphatic carbocycles. The molecule has 0 radical (unpaired) electrons. The van der Waals surface area contributed by atoms with Crippen LogP contribution in [0.25, 0.3) is 0 Å². The number of amides is 2. The van der Waals surface area contributed by atoms with Gasteiger partial charge in [-0.3, -0.25) is 4.79 Å². The molecule has 0 spiro atoms. The predicted octanol–water partition coefficient (Wildman–Crippen LogP) is 3.43. The average Bonchev–Trinajstić information content (AvgIpc) is 2.69. The fourth-order valence-corrected chi connectivity index (χ4v) is 3.15. The Balaban J connectivity index is 1.66. The minimum Gasteiger partial charge on any atom is -0.459 e. The van der Waals surface area contributed by atoms with E-state index in [1.165, 1.54) is 0 Å². The Morgan fingerprint density at radius 3 is 2.29 bits per heavy atom. The first-order chi connectivity index (χ1) is 14.7. The fraction of sp³-hybridized carbons (Fsp3) is 0.375. The van der Waals surface area contributed by atoms with E-state index in [0.29, 0.717) is 6.42 Å². The van der Waals surface area contributed by atoms with Crippen molar-refractivity contribution in [2.24, 2.45) is 0 Å². The number of hydrogen-bond donors (Lipinski definition) is 2. The first kappa shape index (κ1) is 22.3. The highest BCUT2D eigenvalue weighted by Gasteiger charge is 2.28. The number of benzene rings is 2. The molecule has 7 heteroatoms. The van der Waals surface area contributed by atoms with Gasteiger partial charge < -0.3 is 20.1 Å². The first-order valence-corrected chi connectivity index (χ1v) is 10.3. The molecule has 2 aromatic rings. The lowest BCUT2D eigenvalue weighted by atomic mass is 9.95. The molecule has 1 unspecified atom stereocenters. The second kappa shape index (κ2) is 9.64. The number of hydrogen-bond acceptors (Lipinski definition) is 5. The molecule has 7 nitrogen and oxygen atoms in total. The van der Waals surface area contributed by atoms with Crippen LogP contribution in [0.1, 0.15) is 49.9 Å². The van der Waals surface area contributed by atoms with Crippen molar-refractivity contribution >= 4 is 18.0 Å². The van der Waals surface area contributed by atoms with Crippen molar-refractivity contribution in [1.82, 2.24) is 10.6 Å². The Labute approximate surface area is 182 Å². The number of alkyl carbamates (subject to hydrolysis) is 1. The van der Waals surface area contributed by atoms with E-state index in [0.717, 1.165) is 16.7 Å². The van der Waals surface area contributed by atoms with Crippen LogP contribution in [0, 0.1) is 0 Å². The number of rotatable bonds is 7. The van der Waals surface area contributed by atoms with E-state index in [1.54, 1.807) is 20.8 Å². The maximum Gasteiger partial charge on any atom is 0.408 e. The number of nitrogens with one attached hydrogen (secondary N) is 2. The van der Waals surface area contributed by atoms with Crippen molar-refractivity contribution in [2.75, 3.05) is 0 Å². The Bertz CT molecular complexity index is 911. The minimum atomic E-state index is -0.896. The van der Waals surface area contributed by atoms with E-state index in [2.05, 4.69) is 10.6 Å². The van der Waals surface area contributed by atoms with Crippen molar-refractivity contribution in [2.45, 2.75) is 57.9 Å². The van der Waals surface area contributed by atoms with Gasteiger partial charge in [-0.15, -0.1) is 0 Å². The van der Waals surface area contributed by atoms with Crippen LogP contribution in [0.5, 0.6) is 0 Å². The van der Waals surface area contributed by atoms with Crippen LogP contribution in [-0.2, 0) is 32.1 Å². The molecule has 1 aliphatic rings. The predicted molar refractivity (Wildman–Crippen MR) is 115 cm³/mol. The van der Waals surface area contributed by atoms with Crippen LogP contribution in [0.15, 0.2) is 54.6 Å². The lowest BCUT2D eigenvalue weighted by Gasteiger charge is -2.27. The smallest absolute Gasteiger partial charge is 0.408 e. The molecule has 0 aromatic heterocycles. The summed E-state index contributed by atoms with van der Waals surface area (Å²) in [4.78, 5) is 36.1. The summed E-state index contributed by atoms with van der Waals surface area (Å²) >= 11 is 0. The Kier molecular flexibility index (Phi) is 6.95. The molecule has 2 N–H and O–H groups in total. The number of β-lactam (4-membered cyclic amide) rings is 1. The van der Waals surface area contributed by atoms with Crippen LogP contribution in [0.3, 0.4) is 0 Å². The van der Waals surface area contributed by atoms with Crippen LogP contribution in [-0.4, -0.2) is 29.6 Å². The van der Waals surface area contributed by atoms with Crippen molar-refractivity contribution < 1.29 is 23.9 Å². The van der Waals surface area contributed by atoms with Crippen LogP contribution in [0.4, 0.5) is 4.79 Å². The molecule has 1 saturated heterocycles. The van der Waals surface area contributed by atoms with Gasteiger partial charge in [-0.25, -0.2) is 9.59 Å². The van der Waals surface area contributed by atoms with E-state index in [-0.39, 0.29) is 25.0 Å². The highest BCUT2D eigenvalue weighted by Crippen LogP contribution is 2.24. The molecule has 31 heavy (non-hydrogen) atoms. The van der Waals surface area contributed by atoms with Gasteiger partial charge in [-0.1, -0.05) is 54.6 Å². The van der Waals surface area contributed by atoms with Gasteiger partial charge in [-0.2, -0.15) is 0 Å². The summed E-state index contributed by atoms with van der Waals surface area (Å²) in [5.41, 5.74) is 2.04. The SMILES string of the molecule is CC(C)(C)OC(=O)N[C@@H](Cc1ccc(C2CC(=O)N2)cc1)C(=O)OCc1ccccc1. The largest absolute Gasteiger partial charge is 0.459 e. The summed E-state index contributed by atoms with van der Waals surface area (Å²) in [6.07, 6.45) is 0.0565. The standard InChI is InChI=1S/C24H28N2O5/c1-24(2,3)31-23(29)26-20(22(28)30-15-17-7-5-4-6-8-17)13-16-9-11-18(12-10-16)19-14-21(27)25-19/h4-12,19-20H,13-15H2,1-3H3,(H,25,27)(H,26,29)/t19?,20-/m0/s1. The van der Waals surface area contributed by atoms with E-state index in [4.69, 9.17) is 9.47 Å². The van der Waals surface area contributed by atoms with Gasteiger partial charge >= 0.3 is 12.1 Å². The summed E-state index contributed by atoms with van der Waals surface area (Å²) in [5.74, 6) is -0.498. The van der Waals surface area contributed by atoms with Crippen molar-refractivity contribution in [3.05, 3.63) is 71.3 Å². The zero-order chi connectivity index (χ0) is 22.4. The van der Waals surface area contributed by atoms with E-state index < -0.39 is 23.7 Å². The average molecular weight is 424 g/mol. The zero-order valence-electron chi connectivity index (χ0n) is 18.0. The van der Waals surface area contributed by atoms with Crippen molar-refractivity contribution in [3.8, 4) is 0 Å². The molecule has 1 aliphatic heterocycles. The lowest BCUT2D eigenvalue weighted by Crippen LogP contribution is -2.45. The molecule has 0 bridgehead atoms. The molecular formula is C24H28N2O5. The molecule has 2 amide bonds. The number of carbonyl (C=O) groups excluding carboxylic acids is 3. The van der Waals surface area contributed by atoms with Gasteiger partial charge in [0, 0.05) is 6.42 Å². The summed E-state index contributed by atoms with van der Waals surface area (Å²) in [6, 6.07) is 16.1. The number of carbonyl (C=O) groups is 3. The maximum atomic E-state index is 12.7. The maximum absolute atomic E-state index is 12.7. The van der Waals surface area contributed by atoms with Crippen LogP contribution >= 0.6 is 0 Å². The Morgan fingerprint density at radius 1 is 1.06 bits per heavy atom. The molecule has 0 saturated carbocycles. The lowest BCUT2D eigenvalue weighted by molar-refractivity contribution is -0.147. The van der Waals surface area contributed by atoms with Crippen LogP contribution < -0.4 is 10.6 Å². The molecule has 164 valence electrons. The van der Waals surface area contributed by atoms with Gasteiger partial charge in [-0.05, 0) is 37.5 Å². The Hall–Kier alpha value is -3.35. The second-order valence-electron chi connectivity index (χ2n) is 8.56. The van der Waals surface area contributed by atoms with Gasteiger partial charge in [0.25, 0.3) is 0 Å².